The summed E-state index contributed by atoms with van der Waals surface area (Å²) in [4.78, 5) is 14.1. The van der Waals surface area contributed by atoms with Crippen molar-refractivity contribution in [3.63, 3.8) is 0 Å². The molecule has 0 radical (unpaired) electrons. The molecule has 24 heavy (non-hydrogen) atoms. The molecule has 0 aliphatic carbocycles. The van der Waals surface area contributed by atoms with Crippen molar-refractivity contribution in [1.82, 2.24) is 10.2 Å². The maximum Gasteiger partial charge on any atom is 0.337 e. The number of methoxy groups -OCH3 is 1. The van der Waals surface area contributed by atoms with E-state index in [0.29, 0.717) is 11.6 Å². The second-order valence-corrected chi connectivity index (χ2v) is 6.27. The average Bonchev–Trinajstić information content (AvgIpc) is 2.62. The molecule has 0 saturated carbocycles. The van der Waals surface area contributed by atoms with Gasteiger partial charge >= 0.3 is 5.97 Å². The van der Waals surface area contributed by atoms with Gasteiger partial charge in [0.1, 0.15) is 0 Å². The molecule has 2 aromatic rings. The van der Waals surface area contributed by atoms with Crippen LogP contribution in [0.5, 0.6) is 0 Å². The molecule has 1 heterocycles. The smallest absolute Gasteiger partial charge is 0.337 e. The molecular formula is C20H24N2O2. The standard InChI is InChI=1S/C20H24N2O2/c1-24-20(23)18-9-5-8-17(12-18)14-22-11-10-21-19(15-22)13-16-6-3-2-4-7-16/h2-9,12,19,21H,10-11,13-15H2,1H3/t19-/m1/s1. The Hall–Kier alpha value is -2.17. The molecular weight excluding hydrogens is 300 g/mol. The molecule has 0 aromatic heterocycles. The van der Waals surface area contributed by atoms with Gasteiger partial charge in [-0.1, -0.05) is 42.5 Å². The lowest BCUT2D eigenvalue weighted by atomic mass is 10.0. The molecule has 2 aromatic carbocycles. The first-order chi connectivity index (χ1) is 11.7. The summed E-state index contributed by atoms with van der Waals surface area (Å²) in [6.45, 7) is 3.89. The molecule has 0 unspecified atom stereocenters. The molecule has 1 atom stereocenters. The highest BCUT2D eigenvalue weighted by Gasteiger charge is 2.19. The zero-order valence-corrected chi connectivity index (χ0v) is 14.1. The molecule has 0 bridgehead atoms. The van der Waals surface area contributed by atoms with Crippen LogP contribution in [-0.2, 0) is 17.7 Å². The predicted molar refractivity (Wildman–Crippen MR) is 95.0 cm³/mol. The Bertz CT molecular complexity index is 672. The lowest BCUT2D eigenvalue weighted by Gasteiger charge is -2.34. The fraction of sp³-hybridized carbons (Fsp3) is 0.350. The molecule has 126 valence electrons. The van der Waals surface area contributed by atoms with E-state index in [0.717, 1.165) is 38.2 Å². The Balaban J connectivity index is 1.60. The molecule has 4 nitrogen and oxygen atoms in total. The van der Waals surface area contributed by atoms with E-state index in [9.17, 15) is 4.79 Å². The zero-order valence-electron chi connectivity index (χ0n) is 14.1. The SMILES string of the molecule is COC(=O)c1cccc(CN2CCN[C@H](Cc3ccccc3)C2)c1. The van der Waals surface area contributed by atoms with Crippen LogP contribution in [0.2, 0.25) is 0 Å². The third-order valence-corrected chi connectivity index (χ3v) is 4.42. The van der Waals surface area contributed by atoms with E-state index in [4.69, 9.17) is 4.74 Å². The van der Waals surface area contributed by atoms with Gasteiger partial charge in [-0.25, -0.2) is 4.79 Å². The molecule has 1 N–H and O–H groups in total. The van der Waals surface area contributed by atoms with Gasteiger partial charge in [0.25, 0.3) is 0 Å². The fourth-order valence-electron chi connectivity index (χ4n) is 3.25. The highest BCUT2D eigenvalue weighted by molar-refractivity contribution is 5.89. The van der Waals surface area contributed by atoms with Crippen LogP contribution in [0.4, 0.5) is 0 Å². The summed E-state index contributed by atoms with van der Waals surface area (Å²) in [5.41, 5.74) is 3.13. The van der Waals surface area contributed by atoms with Crippen LogP contribution in [-0.4, -0.2) is 43.7 Å². The van der Waals surface area contributed by atoms with Gasteiger partial charge in [-0.3, -0.25) is 4.90 Å². The second kappa shape index (κ2) is 8.08. The molecule has 0 amide bonds. The van der Waals surface area contributed by atoms with E-state index in [1.165, 1.54) is 12.7 Å². The van der Waals surface area contributed by atoms with Crippen molar-refractivity contribution in [3.05, 3.63) is 71.3 Å². The van der Waals surface area contributed by atoms with Crippen molar-refractivity contribution in [2.45, 2.75) is 19.0 Å². The van der Waals surface area contributed by atoms with Gasteiger partial charge in [0.2, 0.25) is 0 Å². The van der Waals surface area contributed by atoms with Crippen molar-refractivity contribution >= 4 is 5.97 Å². The highest BCUT2D eigenvalue weighted by atomic mass is 16.5. The maximum absolute atomic E-state index is 11.7. The summed E-state index contributed by atoms with van der Waals surface area (Å²) < 4.78 is 4.80. The van der Waals surface area contributed by atoms with Crippen LogP contribution in [0.1, 0.15) is 21.5 Å². The Morgan fingerprint density at radius 1 is 1.17 bits per heavy atom. The fourth-order valence-corrected chi connectivity index (χ4v) is 3.25. The van der Waals surface area contributed by atoms with Gasteiger partial charge in [0.05, 0.1) is 12.7 Å². The number of piperazine rings is 1. The first-order valence-electron chi connectivity index (χ1n) is 8.41. The number of hydrogen-bond acceptors (Lipinski definition) is 4. The van der Waals surface area contributed by atoms with Crippen LogP contribution in [0, 0.1) is 0 Å². The minimum Gasteiger partial charge on any atom is -0.465 e. The first-order valence-corrected chi connectivity index (χ1v) is 8.41. The predicted octanol–water partition coefficient (Wildman–Crippen LogP) is 2.49. The number of carbonyl (C=O) groups is 1. The van der Waals surface area contributed by atoms with E-state index < -0.39 is 0 Å². The number of nitrogens with one attached hydrogen (secondary N) is 1. The van der Waals surface area contributed by atoms with Crippen LogP contribution in [0.15, 0.2) is 54.6 Å². The van der Waals surface area contributed by atoms with E-state index in [2.05, 4.69) is 46.6 Å². The molecule has 1 saturated heterocycles. The maximum atomic E-state index is 11.7. The third-order valence-electron chi connectivity index (χ3n) is 4.42. The van der Waals surface area contributed by atoms with Gasteiger partial charge in [-0.2, -0.15) is 0 Å². The summed E-state index contributed by atoms with van der Waals surface area (Å²) in [6, 6.07) is 18.8. The Kier molecular flexibility index (Phi) is 5.62. The van der Waals surface area contributed by atoms with Gasteiger partial charge < -0.3 is 10.1 Å². The highest BCUT2D eigenvalue weighted by Crippen LogP contribution is 2.13. The lowest BCUT2D eigenvalue weighted by Crippen LogP contribution is -2.51. The minimum atomic E-state index is -0.279. The summed E-state index contributed by atoms with van der Waals surface area (Å²) in [5, 5.41) is 3.61. The average molecular weight is 324 g/mol. The van der Waals surface area contributed by atoms with E-state index >= 15 is 0 Å². The number of nitrogens with zero attached hydrogens (tertiary/aromatic N) is 1. The zero-order chi connectivity index (χ0) is 16.8. The summed E-state index contributed by atoms with van der Waals surface area (Å²) >= 11 is 0. The van der Waals surface area contributed by atoms with Crippen molar-refractivity contribution in [3.8, 4) is 0 Å². The number of hydrogen-bond donors (Lipinski definition) is 1. The summed E-state index contributed by atoms with van der Waals surface area (Å²) in [7, 11) is 1.42. The molecule has 4 heteroatoms. The van der Waals surface area contributed by atoms with Crippen molar-refractivity contribution in [1.29, 1.82) is 0 Å². The minimum absolute atomic E-state index is 0.279. The number of esters is 1. The normalized spacial score (nSPS) is 18.3. The molecule has 1 fully saturated rings. The topological polar surface area (TPSA) is 41.6 Å². The first kappa shape index (κ1) is 16.7. The number of benzene rings is 2. The van der Waals surface area contributed by atoms with Crippen LogP contribution in [0.3, 0.4) is 0 Å². The lowest BCUT2D eigenvalue weighted by molar-refractivity contribution is 0.0600. The monoisotopic (exact) mass is 324 g/mol. The van der Waals surface area contributed by atoms with Crippen molar-refractivity contribution < 1.29 is 9.53 Å². The quantitative estimate of drug-likeness (QED) is 0.858. The van der Waals surface area contributed by atoms with E-state index in [1.54, 1.807) is 6.07 Å². The number of carbonyl (C=O) groups excluding carboxylic acids is 1. The number of ether oxygens (including phenoxy) is 1. The van der Waals surface area contributed by atoms with Crippen molar-refractivity contribution in [2.24, 2.45) is 0 Å². The Morgan fingerprint density at radius 3 is 2.75 bits per heavy atom. The molecule has 1 aliphatic rings. The summed E-state index contributed by atoms with van der Waals surface area (Å²) in [6.07, 6.45) is 1.04. The third kappa shape index (κ3) is 4.43. The molecule has 3 rings (SSSR count). The van der Waals surface area contributed by atoms with Crippen molar-refractivity contribution in [2.75, 3.05) is 26.7 Å². The molecule has 0 spiro atoms. The molecule has 1 aliphatic heterocycles. The van der Waals surface area contributed by atoms with E-state index in [-0.39, 0.29) is 5.97 Å². The van der Waals surface area contributed by atoms with Gasteiger partial charge in [-0.05, 0) is 29.7 Å². The van der Waals surface area contributed by atoms with E-state index in [1.807, 2.05) is 12.1 Å². The second-order valence-electron chi connectivity index (χ2n) is 6.27. The van der Waals surface area contributed by atoms with Crippen LogP contribution < -0.4 is 5.32 Å². The van der Waals surface area contributed by atoms with Crippen LogP contribution >= 0.6 is 0 Å². The summed E-state index contributed by atoms with van der Waals surface area (Å²) in [5.74, 6) is -0.279. The van der Waals surface area contributed by atoms with Gasteiger partial charge in [0, 0.05) is 32.2 Å². The Labute approximate surface area is 143 Å². The van der Waals surface area contributed by atoms with Gasteiger partial charge in [-0.15, -0.1) is 0 Å². The Morgan fingerprint density at radius 2 is 1.96 bits per heavy atom. The number of rotatable bonds is 5. The largest absolute Gasteiger partial charge is 0.465 e. The van der Waals surface area contributed by atoms with Crippen LogP contribution in [0.25, 0.3) is 0 Å². The van der Waals surface area contributed by atoms with Gasteiger partial charge in [0.15, 0.2) is 0 Å².